The highest BCUT2D eigenvalue weighted by atomic mass is 32.2. The van der Waals surface area contributed by atoms with Crippen LogP contribution in [0.15, 0.2) is 23.1 Å². The summed E-state index contributed by atoms with van der Waals surface area (Å²) in [5, 5.41) is 4.57. The molecular formula is C17H24N4O5S. The molecule has 1 aromatic carbocycles. The van der Waals surface area contributed by atoms with Crippen LogP contribution in [0.5, 0.6) is 0 Å². The van der Waals surface area contributed by atoms with Crippen molar-refractivity contribution in [1.82, 2.24) is 14.9 Å². The second-order valence-corrected chi connectivity index (χ2v) is 8.36. The number of imide groups is 1. The van der Waals surface area contributed by atoms with Gasteiger partial charge in [0.15, 0.2) is 0 Å². The Morgan fingerprint density at radius 3 is 2.63 bits per heavy atom. The largest absolute Gasteiger partial charge is 0.379 e. The minimum Gasteiger partial charge on any atom is -0.379 e. The molecule has 27 heavy (non-hydrogen) atoms. The number of hydrogen-bond donors (Lipinski definition) is 2. The monoisotopic (exact) mass is 396 g/mol. The lowest BCUT2D eigenvalue weighted by Gasteiger charge is -2.26. The van der Waals surface area contributed by atoms with Gasteiger partial charge in [-0.05, 0) is 30.2 Å². The van der Waals surface area contributed by atoms with Crippen LogP contribution in [0.25, 0.3) is 0 Å². The van der Waals surface area contributed by atoms with Crippen molar-refractivity contribution in [3.63, 3.8) is 0 Å². The molecule has 1 aromatic rings. The fourth-order valence-corrected chi connectivity index (χ4v) is 4.72. The van der Waals surface area contributed by atoms with Crippen LogP contribution in [0.2, 0.25) is 0 Å². The lowest BCUT2D eigenvalue weighted by Crippen LogP contribution is -2.40. The smallest absolute Gasteiger partial charge is 0.321 e. The van der Waals surface area contributed by atoms with Crippen molar-refractivity contribution in [2.45, 2.75) is 17.7 Å². The summed E-state index contributed by atoms with van der Waals surface area (Å²) >= 11 is 0. The molecule has 0 spiro atoms. The van der Waals surface area contributed by atoms with Gasteiger partial charge in [-0.25, -0.2) is 13.2 Å². The molecule has 148 valence electrons. The quantitative estimate of drug-likeness (QED) is 0.721. The Kier molecular flexibility index (Phi) is 5.98. The van der Waals surface area contributed by atoms with Crippen LogP contribution >= 0.6 is 0 Å². The van der Waals surface area contributed by atoms with Crippen molar-refractivity contribution in [3.8, 4) is 0 Å². The van der Waals surface area contributed by atoms with Gasteiger partial charge in [-0.3, -0.25) is 10.1 Å². The molecule has 0 atom stereocenters. The predicted molar refractivity (Wildman–Crippen MR) is 99.2 cm³/mol. The zero-order chi connectivity index (χ0) is 19.4. The first kappa shape index (κ1) is 19.6. The molecule has 0 bridgehead atoms. The van der Waals surface area contributed by atoms with Crippen LogP contribution in [-0.4, -0.2) is 71.1 Å². The van der Waals surface area contributed by atoms with Crippen molar-refractivity contribution in [2.24, 2.45) is 0 Å². The lowest BCUT2D eigenvalue weighted by atomic mass is 10.2. The number of nitrogens with zero attached hydrogens (tertiary/aromatic N) is 2. The molecule has 2 aliphatic rings. The summed E-state index contributed by atoms with van der Waals surface area (Å²) in [6.45, 7) is 2.74. The third kappa shape index (κ3) is 4.40. The van der Waals surface area contributed by atoms with E-state index in [1.807, 2.05) is 4.90 Å². The van der Waals surface area contributed by atoms with Crippen LogP contribution < -0.4 is 15.5 Å². The van der Waals surface area contributed by atoms with Crippen molar-refractivity contribution >= 4 is 27.6 Å². The number of fused-ring (bicyclic) bond motifs is 1. The van der Waals surface area contributed by atoms with Gasteiger partial charge < -0.3 is 15.0 Å². The number of amides is 3. The van der Waals surface area contributed by atoms with E-state index >= 15 is 0 Å². The topological polar surface area (TPSA) is 108 Å². The number of nitrogens with one attached hydrogen (secondary N) is 2. The molecule has 9 nitrogen and oxygen atoms in total. The first-order valence-corrected chi connectivity index (χ1v) is 10.3. The van der Waals surface area contributed by atoms with Crippen LogP contribution in [0.1, 0.15) is 12.0 Å². The Labute approximate surface area is 158 Å². The average molecular weight is 396 g/mol. The van der Waals surface area contributed by atoms with Crippen LogP contribution in [-0.2, 0) is 26.0 Å². The van der Waals surface area contributed by atoms with Gasteiger partial charge in [0.05, 0.1) is 18.1 Å². The highest BCUT2D eigenvalue weighted by Gasteiger charge is 2.28. The van der Waals surface area contributed by atoms with Crippen LogP contribution in [0.4, 0.5) is 10.5 Å². The van der Waals surface area contributed by atoms with Gasteiger partial charge in [0.2, 0.25) is 15.9 Å². The number of sulfonamides is 1. The van der Waals surface area contributed by atoms with E-state index in [1.54, 1.807) is 18.2 Å². The van der Waals surface area contributed by atoms with E-state index in [0.29, 0.717) is 44.3 Å². The molecule has 10 heteroatoms. The van der Waals surface area contributed by atoms with Crippen molar-refractivity contribution < 1.29 is 22.7 Å². The summed E-state index contributed by atoms with van der Waals surface area (Å²) in [4.78, 5) is 25.2. The zero-order valence-electron chi connectivity index (χ0n) is 15.2. The number of carbonyl (C=O) groups excluding carboxylic acids is 2. The Bertz CT molecular complexity index is 821. The minimum absolute atomic E-state index is 0.181. The maximum absolute atomic E-state index is 12.8. The number of rotatable bonds is 5. The number of ether oxygens (including phenoxy) is 1. The third-order valence-electron chi connectivity index (χ3n) is 4.74. The van der Waals surface area contributed by atoms with E-state index in [9.17, 15) is 18.0 Å². The molecule has 0 aromatic heterocycles. The van der Waals surface area contributed by atoms with Gasteiger partial charge in [0.25, 0.3) is 0 Å². The molecule has 3 rings (SSSR count). The number of benzene rings is 1. The van der Waals surface area contributed by atoms with Crippen LogP contribution in [0, 0.1) is 0 Å². The predicted octanol–water partition coefficient (Wildman–Crippen LogP) is -0.0843. The van der Waals surface area contributed by atoms with Gasteiger partial charge in [-0.1, -0.05) is 0 Å². The first-order valence-electron chi connectivity index (χ1n) is 8.89. The second-order valence-electron chi connectivity index (χ2n) is 6.42. The summed E-state index contributed by atoms with van der Waals surface area (Å²) in [6.07, 6.45) is 0.902. The van der Waals surface area contributed by atoms with E-state index in [0.717, 1.165) is 17.7 Å². The second kappa shape index (κ2) is 8.24. The Balaban J connectivity index is 1.66. The Hall–Kier alpha value is -2.17. The zero-order valence-corrected chi connectivity index (χ0v) is 16.0. The van der Waals surface area contributed by atoms with Gasteiger partial charge in [-0.15, -0.1) is 0 Å². The highest BCUT2D eigenvalue weighted by Crippen LogP contribution is 2.31. The van der Waals surface area contributed by atoms with Crippen molar-refractivity contribution in [1.29, 1.82) is 0 Å². The maximum atomic E-state index is 12.8. The third-order valence-corrected chi connectivity index (χ3v) is 6.63. The molecule has 0 radical (unpaired) electrons. The molecule has 1 saturated heterocycles. The number of urea groups is 1. The van der Waals surface area contributed by atoms with Gasteiger partial charge in [0.1, 0.15) is 0 Å². The summed E-state index contributed by atoms with van der Waals surface area (Å²) in [6, 6.07) is 4.61. The van der Waals surface area contributed by atoms with Gasteiger partial charge >= 0.3 is 6.03 Å². The number of anilines is 1. The van der Waals surface area contributed by atoms with Gasteiger partial charge in [-0.2, -0.15) is 4.31 Å². The SMILES string of the molecule is CNC(=O)NC(=O)CCN1CCc2cc(S(=O)(=O)N3CCOCC3)ccc21. The first-order chi connectivity index (χ1) is 12.9. The van der Waals surface area contributed by atoms with Crippen molar-refractivity contribution in [3.05, 3.63) is 23.8 Å². The molecule has 3 amide bonds. The Morgan fingerprint density at radius 2 is 1.93 bits per heavy atom. The molecule has 0 unspecified atom stereocenters. The van der Waals surface area contributed by atoms with E-state index in [1.165, 1.54) is 11.4 Å². The molecule has 0 saturated carbocycles. The summed E-state index contributed by atoms with van der Waals surface area (Å²) < 4.78 is 32.2. The van der Waals surface area contributed by atoms with E-state index in [-0.39, 0.29) is 12.3 Å². The summed E-state index contributed by atoms with van der Waals surface area (Å²) in [5.41, 5.74) is 1.89. The van der Waals surface area contributed by atoms with Crippen molar-refractivity contribution in [2.75, 3.05) is 51.3 Å². The highest BCUT2D eigenvalue weighted by molar-refractivity contribution is 7.89. The minimum atomic E-state index is -3.52. The number of carbonyl (C=O) groups is 2. The molecule has 1 fully saturated rings. The maximum Gasteiger partial charge on any atom is 0.321 e. The normalized spacial score (nSPS) is 17.4. The van der Waals surface area contributed by atoms with E-state index in [4.69, 9.17) is 4.74 Å². The fourth-order valence-electron chi connectivity index (χ4n) is 3.26. The number of morpholine rings is 1. The average Bonchev–Trinajstić information content (AvgIpc) is 3.09. The standard InChI is InChI=1S/C17H24N4O5S/c1-18-17(23)19-16(22)5-7-20-6-4-13-12-14(2-3-15(13)20)27(24,25)21-8-10-26-11-9-21/h2-3,12H,4-11H2,1H3,(H2,18,19,22,23). The fraction of sp³-hybridized carbons (Fsp3) is 0.529. The number of hydrogen-bond acceptors (Lipinski definition) is 6. The molecule has 2 aliphatic heterocycles. The van der Waals surface area contributed by atoms with Gasteiger partial charge in [0, 0.05) is 45.3 Å². The van der Waals surface area contributed by atoms with E-state index < -0.39 is 16.1 Å². The Morgan fingerprint density at radius 1 is 1.19 bits per heavy atom. The molecular weight excluding hydrogens is 372 g/mol. The summed E-state index contributed by atoms with van der Waals surface area (Å²) in [5.74, 6) is -0.352. The van der Waals surface area contributed by atoms with Crippen LogP contribution in [0.3, 0.4) is 0 Å². The molecule has 0 aliphatic carbocycles. The molecule has 2 N–H and O–H groups in total. The van der Waals surface area contributed by atoms with E-state index in [2.05, 4.69) is 10.6 Å². The molecule has 2 heterocycles. The lowest BCUT2D eigenvalue weighted by molar-refractivity contribution is -0.119. The summed E-state index contributed by atoms with van der Waals surface area (Å²) in [7, 11) is -2.07.